The molecular formula is C10H8BrF4NO. The molecule has 0 saturated carbocycles. The van der Waals surface area contributed by atoms with E-state index in [0.717, 1.165) is 0 Å². The molecule has 0 atom stereocenters. The van der Waals surface area contributed by atoms with Gasteiger partial charge < -0.3 is 5.32 Å². The molecule has 0 heterocycles. The number of alkyl halides is 3. The van der Waals surface area contributed by atoms with Gasteiger partial charge in [0, 0.05) is 6.54 Å². The van der Waals surface area contributed by atoms with Crippen molar-refractivity contribution in [3.05, 3.63) is 34.1 Å². The fraction of sp³-hybridized carbons (Fsp3) is 0.300. The molecule has 7 heteroatoms. The first-order chi connectivity index (χ1) is 7.82. The minimum absolute atomic E-state index is 0.00685. The molecule has 0 fully saturated rings. The van der Waals surface area contributed by atoms with Crippen LogP contribution >= 0.6 is 15.9 Å². The van der Waals surface area contributed by atoms with Crippen molar-refractivity contribution in [2.24, 2.45) is 0 Å². The number of halogens is 5. The third-order valence-electron chi connectivity index (χ3n) is 1.97. The van der Waals surface area contributed by atoms with Gasteiger partial charge >= 0.3 is 12.1 Å². The zero-order valence-corrected chi connectivity index (χ0v) is 10.0. The van der Waals surface area contributed by atoms with Crippen LogP contribution in [0.3, 0.4) is 0 Å². The quantitative estimate of drug-likeness (QED) is 0.854. The summed E-state index contributed by atoms with van der Waals surface area (Å²) < 4.78 is 49.1. The summed E-state index contributed by atoms with van der Waals surface area (Å²) in [5, 5.41) is 1.67. The molecule has 94 valence electrons. The maximum Gasteiger partial charge on any atom is 0.471 e. The van der Waals surface area contributed by atoms with Gasteiger partial charge in [-0.1, -0.05) is 12.1 Å². The number of nitrogens with one attached hydrogen (secondary N) is 1. The predicted octanol–water partition coefficient (Wildman–Crippen LogP) is 2.81. The van der Waals surface area contributed by atoms with Crippen LogP contribution in [0.4, 0.5) is 17.6 Å². The fourth-order valence-electron chi connectivity index (χ4n) is 1.15. The van der Waals surface area contributed by atoms with E-state index in [0.29, 0.717) is 0 Å². The van der Waals surface area contributed by atoms with E-state index < -0.39 is 17.9 Å². The predicted molar refractivity (Wildman–Crippen MR) is 56.9 cm³/mol. The Morgan fingerprint density at radius 3 is 2.59 bits per heavy atom. The Balaban J connectivity index is 2.52. The number of hydrogen-bond acceptors (Lipinski definition) is 1. The van der Waals surface area contributed by atoms with Crippen molar-refractivity contribution in [2.45, 2.75) is 12.6 Å². The Morgan fingerprint density at radius 2 is 2.00 bits per heavy atom. The molecule has 0 unspecified atom stereocenters. The highest BCUT2D eigenvalue weighted by atomic mass is 79.9. The van der Waals surface area contributed by atoms with Crippen molar-refractivity contribution in [3.63, 3.8) is 0 Å². The summed E-state index contributed by atoms with van der Waals surface area (Å²) in [4.78, 5) is 10.5. The maximum atomic E-state index is 13.4. The second-order valence-electron chi connectivity index (χ2n) is 3.22. The van der Waals surface area contributed by atoms with E-state index in [-0.39, 0.29) is 23.0 Å². The van der Waals surface area contributed by atoms with Crippen LogP contribution in [-0.2, 0) is 11.2 Å². The van der Waals surface area contributed by atoms with Crippen molar-refractivity contribution in [1.82, 2.24) is 5.32 Å². The highest BCUT2D eigenvalue weighted by Crippen LogP contribution is 2.19. The van der Waals surface area contributed by atoms with Crippen LogP contribution in [0, 0.1) is 5.82 Å². The molecule has 2 nitrogen and oxygen atoms in total. The summed E-state index contributed by atoms with van der Waals surface area (Å²) in [6.45, 7) is -0.272. The molecule has 0 aliphatic rings. The van der Waals surface area contributed by atoms with Gasteiger partial charge in [-0.25, -0.2) is 4.39 Å². The van der Waals surface area contributed by atoms with Gasteiger partial charge in [0.2, 0.25) is 0 Å². The Kier molecular flexibility index (Phi) is 4.50. The Bertz CT molecular complexity index is 419. The number of hydrogen-bond donors (Lipinski definition) is 1. The van der Waals surface area contributed by atoms with Gasteiger partial charge in [-0.05, 0) is 34.0 Å². The van der Waals surface area contributed by atoms with Gasteiger partial charge in [0.1, 0.15) is 5.82 Å². The minimum Gasteiger partial charge on any atom is -0.348 e. The van der Waals surface area contributed by atoms with E-state index in [4.69, 9.17) is 0 Å². The lowest BCUT2D eigenvalue weighted by Crippen LogP contribution is -2.37. The summed E-state index contributed by atoms with van der Waals surface area (Å²) in [5.41, 5.74) is 0.238. The Morgan fingerprint density at radius 1 is 1.35 bits per heavy atom. The summed E-state index contributed by atoms with van der Waals surface area (Å²) in [5.74, 6) is -2.55. The molecule has 1 aromatic rings. The van der Waals surface area contributed by atoms with E-state index in [9.17, 15) is 22.4 Å². The second kappa shape index (κ2) is 5.48. The molecule has 1 aromatic carbocycles. The minimum atomic E-state index is -4.91. The highest BCUT2D eigenvalue weighted by Gasteiger charge is 2.38. The fourth-order valence-corrected chi connectivity index (χ4v) is 1.56. The first kappa shape index (κ1) is 14.0. The third kappa shape index (κ3) is 3.99. The molecule has 1 rings (SSSR count). The number of rotatable bonds is 3. The molecule has 0 aliphatic carbocycles. The smallest absolute Gasteiger partial charge is 0.348 e. The number of benzene rings is 1. The summed E-state index contributed by atoms with van der Waals surface area (Å²) >= 11 is 2.96. The standard InChI is InChI=1S/C10H8BrF4NO/c11-7-3-1-2-6(8(7)12)4-5-16-9(17)10(13,14)15/h1-3H,4-5H2,(H,16,17). The van der Waals surface area contributed by atoms with Crippen molar-refractivity contribution < 1.29 is 22.4 Å². The van der Waals surface area contributed by atoms with Crippen molar-refractivity contribution in [1.29, 1.82) is 0 Å². The van der Waals surface area contributed by atoms with E-state index in [1.165, 1.54) is 12.1 Å². The molecule has 0 radical (unpaired) electrons. The van der Waals surface area contributed by atoms with Crippen LogP contribution in [-0.4, -0.2) is 18.6 Å². The monoisotopic (exact) mass is 313 g/mol. The summed E-state index contributed by atoms with van der Waals surface area (Å²) in [6.07, 6.45) is -4.91. The molecule has 0 aliphatic heterocycles. The lowest BCUT2D eigenvalue weighted by molar-refractivity contribution is -0.173. The van der Waals surface area contributed by atoms with Crippen LogP contribution in [0.25, 0.3) is 0 Å². The normalized spacial score (nSPS) is 11.4. The van der Waals surface area contributed by atoms with Crippen LogP contribution in [0.5, 0.6) is 0 Å². The molecule has 0 saturated heterocycles. The van der Waals surface area contributed by atoms with Crippen LogP contribution in [0.1, 0.15) is 5.56 Å². The van der Waals surface area contributed by atoms with E-state index >= 15 is 0 Å². The number of carbonyl (C=O) groups excluding carboxylic acids is 1. The van der Waals surface area contributed by atoms with E-state index in [2.05, 4.69) is 15.9 Å². The molecule has 0 spiro atoms. The largest absolute Gasteiger partial charge is 0.471 e. The first-order valence-electron chi connectivity index (χ1n) is 4.60. The maximum absolute atomic E-state index is 13.4. The highest BCUT2D eigenvalue weighted by molar-refractivity contribution is 9.10. The Labute approximate surface area is 103 Å². The zero-order valence-electron chi connectivity index (χ0n) is 8.44. The molecule has 0 aromatic heterocycles. The van der Waals surface area contributed by atoms with Crippen LogP contribution < -0.4 is 5.32 Å². The summed E-state index contributed by atoms with van der Waals surface area (Å²) in [6, 6.07) is 4.49. The number of carbonyl (C=O) groups is 1. The Hall–Kier alpha value is -1.11. The van der Waals surface area contributed by atoms with Gasteiger partial charge in [0.15, 0.2) is 0 Å². The average Bonchev–Trinajstić information content (AvgIpc) is 2.22. The van der Waals surface area contributed by atoms with Crippen LogP contribution in [0.15, 0.2) is 22.7 Å². The molecular weight excluding hydrogens is 306 g/mol. The average molecular weight is 314 g/mol. The summed E-state index contributed by atoms with van der Waals surface area (Å²) in [7, 11) is 0. The van der Waals surface area contributed by atoms with Crippen LogP contribution in [0.2, 0.25) is 0 Å². The second-order valence-corrected chi connectivity index (χ2v) is 4.07. The van der Waals surface area contributed by atoms with Gasteiger partial charge in [-0.3, -0.25) is 4.79 Å². The molecule has 0 bridgehead atoms. The SMILES string of the molecule is O=C(NCCc1cccc(Br)c1F)C(F)(F)F. The number of amides is 1. The zero-order chi connectivity index (χ0) is 13.1. The van der Waals surface area contributed by atoms with E-state index in [1.54, 1.807) is 11.4 Å². The topological polar surface area (TPSA) is 29.1 Å². The third-order valence-corrected chi connectivity index (χ3v) is 2.58. The van der Waals surface area contributed by atoms with Gasteiger partial charge in [0.05, 0.1) is 4.47 Å². The van der Waals surface area contributed by atoms with Gasteiger partial charge in [-0.2, -0.15) is 13.2 Å². The van der Waals surface area contributed by atoms with E-state index in [1.807, 2.05) is 0 Å². The first-order valence-corrected chi connectivity index (χ1v) is 5.39. The van der Waals surface area contributed by atoms with Crippen molar-refractivity contribution in [2.75, 3.05) is 6.54 Å². The lowest BCUT2D eigenvalue weighted by atomic mass is 10.1. The molecule has 17 heavy (non-hydrogen) atoms. The van der Waals surface area contributed by atoms with Crippen molar-refractivity contribution in [3.8, 4) is 0 Å². The molecule has 1 N–H and O–H groups in total. The van der Waals surface area contributed by atoms with Gasteiger partial charge in [-0.15, -0.1) is 0 Å². The van der Waals surface area contributed by atoms with Gasteiger partial charge in [0.25, 0.3) is 0 Å². The molecule has 1 amide bonds. The van der Waals surface area contributed by atoms with Crippen molar-refractivity contribution >= 4 is 21.8 Å². The lowest BCUT2D eigenvalue weighted by Gasteiger charge is -2.08.